The van der Waals surface area contributed by atoms with E-state index in [9.17, 15) is 8.78 Å². The van der Waals surface area contributed by atoms with Crippen LogP contribution >= 0.6 is 0 Å². The minimum absolute atomic E-state index is 0.156. The van der Waals surface area contributed by atoms with E-state index in [1.807, 2.05) is 12.1 Å². The Morgan fingerprint density at radius 3 is 2.58 bits per heavy atom. The van der Waals surface area contributed by atoms with Gasteiger partial charge in [-0.3, -0.25) is 4.99 Å². The molecule has 2 aromatic rings. The average molecular weight is 356 g/mol. The highest BCUT2D eigenvalue weighted by atomic mass is 19.1. The van der Waals surface area contributed by atoms with E-state index in [1.165, 1.54) is 11.8 Å². The summed E-state index contributed by atoms with van der Waals surface area (Å²) in [6, 6.07) is 11.7. The van der Waals surface area contributed by atoms with Crippen LogP contribution in [0.1, 0.15) is 11.1 Å². The molecule has 0 saturated heterocycles. The van der Waals surface area contributed by atoms with Gasteiger partial charge in [-0.1, -0.05) is 24.3 Å². The molecule has 0 spiro atoms. The average Bonchev–Trinajstić information content (AvgIpc) is 3.19. The van der Waals surface area contributed by atoms with Crippen LogP contribution in [-0.4, -0.2) is 26.1 Å². The summed E-state index contributed by atoms with van der Waals surface area (Å²) in [7, 11) is 1.64. The summed E-state index contributed by atoms with van der Waals surface area (Å²) in [5.74, 6) is -0.373. The summed E-state index contributed by atoms with van der Waals surface area (Å²) >= 11 is 0. The van der Waals surface area contributed by atoms with Gasteiger partial charge in [-0.25, -0.2) is 8.78 Å². The third kappa shape index (κ3) is 4.59. The summed E-state index contributed by atoms with van der Waals surface area (Å²) in [6.45, 7) is 2.60. The molecule has 0 amide bonds. The van der Waals surface area contributed by atoms with Crippen LogP contribution in [0, 0.1) is 11.6 Å². The Morgan fingerprint density at radius 2 is 1.81 bits per heavy atom. The van der Waals surface area contributed by atoms with E-state index in [0.29, 0.717) is 12.5 Å². The first-order chi connectivity index (χ1) is 12.7. The van der Waals surface area contributed by atoms with Crippen LogP contribution in [0.25, 0.3) is 0 Å². The molecule has 1 heterocycles. The lowest BCUT2D eigenvalue weighted by atomic mass is 10.2. The van der Waals surface area contributed by atoms with Crippen molar-refractivity contribution in [2.24, 2.45) is 4.99 Å². The van der Waals surface area contributed by atoms with Gasteiger partial charge in [0.05, 0.1) is 0 Å². The highest BCUT2D eigenvalue weighted by Gasteiger charge is 2.08. The maximum atomic E-state index is 13.7. The Bertz CT molecular complexity index is 809. The molecule has 1 aliphatic rings. The van der Waals surface area contributed by atoms with E-state index in [0.717, 1.165) is 30.8 Å². The predicted molar refractivity (Wildman–Crippen MR) is 101 cm³/mol. The van der Waals surface area contributed by atoms with E-state index in [4.69, 9.17) is 0 Å². The number of guanidine groups is 1. The monoisotopic (exact) mass is 356 g/mol. The van der Waals surface area contributed by atoms with Gasteiger partial charge >= 0.3 is 0 Å². The Kier molecular flexibility index (Phi) is 5.84. The quantitative estimate of drug-likeness (QED) is 0.491. The SMILES string of the molecule is CN=C(NCc1cccc(N2CC=CC2)c1)NCc1cc(F)ccc1F. The number of nitrogens with one attached hydrogen (secondary N) is 2. The van der Waals surface area contributed by atoms with Crippen LogP contribution in [0.5, 0.6) is 0 Å². The van der Waals surface area contributed by atoms with E-state index >= 15 is 0 Å². The van der Waals surface area contributed by atoms with Crippen LogP contribution in [0.15, 0.2) is 59.6 Å². The van der Waals surface area contributed by atoms with E-state index in [1.54, 1.807) is 7.05 Å². The number of halogens is 2. The van der Waals surface area contributed by atoms with Crippen molar-refractivity contribution >= 4 is 11.6 Å². The summed E-state index contributed by atoms with van der Waals surface area (Å²) < 4.78 is 26.9. The van der Waals surface area contributed by atoms with Crippen LogP contribution in [0.2, 0.25) is 0 Å². The number of benzene rings is 2. The van der Waals surface area contributed by atoms with Crippen molar-refractivity contribution in [3.05, 3.63) is 77.4 Å². The second kappa shape index (κ2) is 8.47. The molecule has 3 rings (SSSR count). The first kappa shape index (κ1) is 17.9. The number of nitrogens with zero attached hydrogens (tertiary/aromatic N) is 2. The first-order valence-corrected chi connectivity index (χ1v) is 8.53. The van der Waals surface area contributed by atoms with Gasteiger partial charge in [-0.2, -0.15) is 0 Å². The lowest BCUT2D eigenvalue weighted by Gasteiger charge is -2.19. The molecule has 0 aromatic heterocycles. The molecular weight excluding hydrogens is 334 g/mol. The fourth-order valence-corrected chi connectivity index (χ4v) is 2.82. The Balaban J connectivity index is 1.56. The maximum Gasteiger partial charge on any atom is 0.191 e. The van der Waals surface area contributed by atoms with Crippen LogP contribution < -0.4 is 15.5 Å². The zero-order chi connectivity index (χ0) is 18.4. The van der Waals surface area contributed by atoms with Crippen LogP contribution in [0.3, 0.4) is 0 Å². The number of rotatable bonds is 5. The minimum Gasteiger partial charge on any atom is -0.364 e. The van der Waals surface area contributed by atoms with Crippen molar-refractivity contribution in [3.8, 4) is 0 Å². The van der Waals surface area contributed by atoms with Gasteiger partial charge in [0.15, 0.2) is 5.96 Å². The first-order valence-electron chi connectivity index (χ1n) is 8.53. The fraction of sp³-hybridized carbons (Fsp3) is 0.250. The van der Waals surface area contributed by atoms with Gasteiger partial charge in [-0.15, -0.1) is 0 Å². The Hall–Kier alpha value is -2.89. The van der Waals surface area contributed by atoms with Crippen molar-refractivity contribution in [1.29, 1.82) is 0 Å². The minimum atomic E-state index is -0.459. The van der Waals surface area contributed by atoms with Crippen molar-refractivity contribution in [2.75, 3.05) is 25.0 Å². The normalized spacial score (nSPS) is 14.0. The third-order valence-corrected chi connectivity index (χ3v) is 4.23. The lowest BCUT2D eigenvalue weighted by molar-refractivity contribution is 0.581. The largest absolute Gasteiger partial charge is 0.364 e. The second-order valence-electron chi connectivity index (χ2n) is 6.06. The molecule has 136 valence electrons. The molecule has 2 N–H and O–H groups in total. The molecule has 0 saturated carbocycles. The maximum absolute atomic E-state index is 13.7. The summed E-state index contributed by atoms with van der Waals surface area (Å²) in [5.41, 5.74) is 2.56. The van der Waals surface area contributed by atoms with Crippen molar-refractivity contribution in [2.45, 2.75) is 13.1 Å². The molecule has 1 aliphatic heterocycles. The number of aliphatic imine (C=N–C) groups is 1. The standard InChI is InChI=1S/C20H22F2N4/c1-23-20(25-14-16-12-17(21)7-8-19(16)22)24-13-15-5-4-6-18(11-15)26-9-2-3-10-26/h2-8,11-12H,9-10,13-14H2,1H3,(H2,23,24,25). The third-order valence-electron chi connectivity index (χ3n) is 4.23. The van der Waals surface area contributed by atoms with Gasteiger partial charge in [-0.05, 0) is 35.9 Å². The second-order valence-corrected chi connectivity index (χ2v) is 6.06. The van der Waals surface area contributed by atoms with Crippen molar-refractivity contribution in [3.63, 3.8) is 0 Å². The molecular formula is C20H22F2N4. The lowest BCUT2D eigenvalue weighted by Crippen LogP contribution is -2.36. The fourth-order valence-electron chi connectivity index (χ4n) is 2.82. The van der Waals surface area contributed by atoms with E-state index in [2.05, 4.69) is 44.8 Å². The molecule has 0 radical (unpaired) electrons. The summed E-state index contributed by atoms with van der Waals surface area (Å²) in [5, 5.41) is 6.20. The molecule has 0 unspecified atom stereocenters. The van der Waals surface area contributed by atoms with Crippen LogP contribution in [-0.2, 0) is 13.1 Å². The van der Waals surface area contributed by atoms with E-state index < -0.39 is 11.6 Å². The molecule has 0 bridgehead atoms. The van der Waals surface area contributed by atoms with Crippen molar-refractivity contribution in [1.82, 2.24) is 10.6 Å². The molecule has 26 heavy (non-hydrogen) atoms. The number of hydrogen-bond donors (Lipinski definition) is 2. The highest BCUT2D eigenvalue weighted by Crippen LogP contribution is 2.18. The molecule has 4 nitrogen and oxygen atoms in total. The van der Waals surface area contributed by atoms with E-state index in [-0.39, 0.29) is 12.1 Å². The predicted octanol–water partition coefficient (Wildman–Crippen LogP) is 3.21. The van der Waals surface area contributed by atoms with Gasteiger partial charge in [0, 0.05) is 44.5 Å². The van der Waals surface area contributed by atoms with Crippen molar-refractivity contribution < 1.29 is 8.78 Å². The topological polar surface area (TPSA) is 39.7 Å². The summed E-state index contributed by atoms with van der Waals surface area (Å²) in [4.78, 5) is 6.41. The van der Waals surface area contributed by atoms with Gasteiger partial charge in [0.1, 0.15) is 11.6 Å². The zero-order valence-corrected chi connectivity index (χ0v) is 14.7. The highest BCUT2D eigenvalue weighted by molar-refractivity contribution is 5.79. The molecule has 0 fully saturated rings. The molecule has 0 atom stereocenters. The molecule has 0 aliphatic carbocycles. The van der Waals surface area contributed by atoms with Gasteiger partial charge in [0.25, 0.3) is 0 Å². The zero-order valence-electron chi connectivity index (χ0n) is 14.7. The summed E-state index contributed by atoms with van der Waals surface area (Å²) in [6.07, 6.45) is 4.31. The molecule has 6 heteroatoms. The molecule has 2 aromatic carbocycles. The smallest absolute Gasteiger partial charge is 0.191 e. The van der Waals surface area contributed by atoms with Crippen LogP contribution in [0.4, 0.5) is 14.5 Å². The Morgan fingerprint density at radius 1 is 1.04 bits per heavy atom. The Labute approximate surface area is 152 Å². The number of anilines is 1. The van der Waals surface area contributed by atoms with Gasteiger partial charge < -0.3 is 15.5 Å². The van der Waals surface area contributed by atoms with Gasteiger partial charge in [0.2, 0.25) is 0 Å². The number of hydrogen-bond acceptors (Lipinski definition) is 2.